The minimum atomic E-state index is -5.02. The number of ether oxygens (including phenoxy) is 1. The van der Waals surface area contributed by atoms with Crippen LogP contribution >= 0.6 is 0 Å². The molecule has 6 nitrogen and oxygen atoms in total. The third-order valence-corrected chi connectivity index (χ3v) is 6.66. The van der Waals surface area contributed by atoms with Crippen molar-refractivity contribution in [2.45, 2.75) is 51.1 Å². The van der Waals surface area contributed by atoms with Crippen LogP contribution in [0.1, 0.15) is 54.1 Å². The van der Waals surface area contributed by atoms with E-state index in [9.17, 15) is 35.9 Å². The average Bonchev–Trinajstić information content (AvgIpc) is 2.83. The second kappa shape index (κ2) is 11.8. The summed E-state index contributed by atoms with van der Waals surface area (Å²) in [5.41, 5.74) is -3.76. The van der Waals surface area contributed by atoms with Gasteiger partial charge in [-0.3, -0.25) is 14.5 Å². The molecule has 0 atom stereocenters. The Morgan fingerprint density at radius 3 is 1.97 bits per heavy atom. The molecule has 0 bridgehead atoms. The molecule has 36 heavy (non-hydrogen) atoms. The number of nitrogens with one attached hydrogen (secondary N) is 1. The summed E-state index contributed by atoms with van der Waals surface area (Å²) >= 11 is 0. The van der Waals surface area contributed by atoms with Gasteiger partial charge < -0.3 is 15.0 Å². The van der Waals surface area contributed by atoms with Gasteiger partial charge in [-0.15, -0.1) is 0 Å². The lowest BCUT2D eigenvalue weighted by Gasteiger charge is -2.35. The van der Waals surface area contributed by atoms with Crippen molar-refractivity contribution in [3.63, 3.8) is 0 Å². The number of carbonyl (C=O) groups is 2. The Kier molecular flexibility index (Phi) is 9.26. The summed E-state index contributed by atoms with van der Waals surface area (Å²) in [6.07, 6.45) is -6.87. The third-order valence-electron chi connectivity index (χ3n) is 6.66. The maximum Gasteiger partial charge on any atom is 0.416 e. The van der Waals surface area contributed by atoms with Gasteiger partial charge >= 0.3 is 12.4 Å². The minimum absolute atomic E-state index is 0.00921. The molecule has 2 saturated heterocycles. The van der Waals surface area contributed by atoms with E-state index < -0.39 is 35.0 Å². The van der Waals surface area contributed by atoms with E-state index in [-0.39, 0.29) is 30.5 Å². The maximum atomic E-state index is 13.0. The Morgan fingerprint density at radius 2 is 1.47 bits per heavy atom. The first kappa shape index (κ1) is 28.2. The number of hydrogen-bond acceptors (Lipinski definition) is 4. The Bertz CT molecular complexity index is 873. The van der Waals surface area contributed by atoms with Gasteiger partial charge in [-0.1, -0.05) is 0 Å². The summed E-state index contributed by atoms with van der Waals surface area (Å²) in [4.78, 5) is 28.9. The van der Waals surface area contributed by atoms with Gasteiger partial charge in [0.2, 0.25) is 5.91 Å². The standard InChI is InChI=1S/C24H31F6N3O3/c1-2-36-20-5-7-32(8-6-20)15-21(34)33-9-3-16(4-10-33)14-31-22(35)17-11-18(23(25,26)27)13-19(12-17)24(28,29)30/h11-13,16,20H,2-10,14-15H2,1H3,(H,31,35). The number of alkyl halides is 6. The average molecular weight is 524 g/mol. The van der Waals surface area contributed by atoms with E-state index in [2.05, 4.69) is 10.2 Å². The fourth-order valence-corrected chi connectivity index (χ4v) is 4.57. The first-order valence-corrected chi connectivity index (χ1v) is 12.1. The van der Waals surface area contributed by atoms with Gasteiger partial charge in [0.15, 0.2) is 0 Å². The van der Waals surface area contributed by atoms with Gasteiger partial charge in [0.05, 0.1) is 23.8 Å². The quantitative estimate of drug-likeness (QED) is 0.545. The van der Waals surface area contributed by atoms with Crippen molar-refractivity contribution in [2.75, 3.05) is 45.9 Å². The Labute approximate surface area is 205 Å². The third kappa shape index (κ3) is 7.83. The van der Waals surface area contributed by atoms with Gasteiger partial charge in [0, 0.05) is 44.9 Å². The second-order valence-corrected chi connectivity index (χ2v) is 9.26. The topological polar surface area (TPSA) is 61.9 Å². The highest BCUT2D eigenvalue weighted by molar-refractivity contribution is 5.94. The van der Waals surface area contributed by atoms with Crippen LogP contribution in [0.3, 0.4) is 0 Å². The van der Waals surface area contributed by atoms with Crippen LogP contribution in [0.4, 0.5) is 26.3 Å². The molecule has 2 aliphatic rings. The molecule has 0 saturated carbocycles. The highest BCUT2D eigenvalue weighted by atomic mass is 19.4. The lowest BCUT2D eigenvalue weighted by atomic mass is 9.96. The summed E-state index contributed by atoms with van der Waals surface area (Å²) in [6, 6.07) is 0.830. The fraction of sp³-hybridized carbons (Fsp3) is 0.667. The largest absolute Gasteiger partial charge is 0.416 e. The van der Waals surface area contributed by atoms with Crippen molar-refractivity contribution >= 4 is 11.8 Å². The minimum Gasteiger partial charge on any atom is -0.378 e. The normalized spacial score (nSPS) is 18.9. The first-order valence-electron chi connectivity index (χ1n) is 12.1. The van der Waals surface area contributed by atoms with Crippen LogP contribution in [0, 0.1) is 5.92 Å². The van der Waals surface area contributed by atoms with Gasteiger partial charge in [0.1, 0.15) is 0 Å². The molecule has 12 heteroatoms. The zero-order chi connectivity index (χ0) is 26.5. The molecule has 0 unspecified atom stereocenters. The predicted molar refractivity (Wildman–Crippen MR) is 119 cm³/mol. The first-order chi connectivity index (χ1) is 16.9. The Morgan fingerprint density at radius 1 is 0.917 bits per heavy atom. The summed E-state index contributed by atoms with van der Waals surface area (Å²) in [7, 11) is 0. The molecule has 0 spiro atoms. The smallest absolute Gasteiger partial charge is 0.378 e. The van der Waals surface area contributed by atoms with Gasteiger partial charge in [-0.2, -0.15) is 26.3 Å². The number of rotatable bonds is 7. The van der Waals surface area contributed by atoms with Gasteiger partial charge in [0.25, 0.3) is 5.91 Å². The Hall–Kier alpha value is -2.34. The van der Waals surface area contributed by atoms with Crippen LogP contribution < -0.4 is 5.32 Å². The molecule has 2 aliphatic heterocycles. The van der Waals surface area contributed by atoms with E-state index in [4.69, 9.17) is 4.74 Å². The second-order valence-electron chi connectivity index (χ2n) is 9.26. The van der Waals surface area contributed by atoms with E-state index in [1.165, 1.54) is 0 Å². The van der Waals surface area contributed by atoms with Crippen LogP contribution in [0.2, 0.25) is 0 Å². The number of carbonyl (C=O) groups excluding carboxylic acids is 2. The molecular formula is C24H31F6N3O3. The van der Waals surface area contributed by atoms with Crippen LogP contribution in [0.5, 0.6) is 0 Å². The number of likely N-dealkylation sites (tertiary alicyclic amines) is 2. The van der Waals surface area contributed by atoms with E-state index in [0.717, 1.165) is 25.9 Å². The molecule has 0 radical (unpaired) electrons. The molecule has 2 heterocycles. The molecule has 0 aliphatic carbocycles. The van der Waals surface area contributed by atoms with Crippen LogP contribution in [-0.2, 0) is 21.9 Å². The van der Waals surface area contributed by atoms with Crippen molar-refractivity contribution < 1.29 is 40.7 Å². The number of piperidine rings is 2. The predicted octanol–water partition coefficient (Wildman–Crippen LogP) is 4.19. The number of benzene rings is 1. The molecule has 2 fully saturated rings. The summed E-state index contributed by atoms with van der Waals surface area (Å²) in [5.74, 6) is -1.01. The van der Waals surface area contributed by atoms with Crippen molar-refractivity contribution in [3.05, 3.63) is 34.9 Å². The SMILES string of the molecule is CCOC1CCN(CC(=O)N2CCC(CNC(=O)c3cc(C(F)(F)F)cc(C(F)(F)F)c3)CC2)CC1. The van der Waals surface area contributed by atoms with E-state index in [1.807, 2.05) is 6.92 Å². The lowest BCUT2D eigenvalue weighted by molar-refractivity contribution is -0.143. The van der Waals surface area contributed by atoms with Crippen molar-refractivity contribution in [3.8, 4) is 0 Å². The molecule has 1 aromatic rings. The molecular weight excluding hydrogens is 492 g/mol. The van der Waals surface area contributed by atoms with Crippen molar-refractivity contribution in [1.29, 1.82) is 0 Å². The number of halogens is 6. The van der Waals surface area contributed by atoms with E-state index in [1.54, 1.807) is 4.90 Å². The summed E-state index contributed by atoms with van der Waals surface area (Å²) in [5, 5.41) is 2.45. The molecule has 1 aromatic carbocycles. The number of nitrogens with zero attached hydrogens (tertiary/aromatic N) is 2. The maximum absolute atomic E-state index is 13.0. The van der Waals surface area contributed by atoms with Crippen molar-refractivity contribution in [1.82, 2.24) is 15.1 Å². The number of hydrogen-bond donors (Lipinski definition) is 1. The summed E-state index contributed by atoms with van der Waals surface area (Å²) < 4.78 is 83.8. The highest BCUT2D eigenvalue weighted by Gasteiger charge is 2.37. The summed E-state index contributed by atoms with van der Waals surface area (Å²) in [6.45, 7) is 5.62. The lowest BCUT2D eigenvalue weighted by Crippen LogP contribution is -2.47. The molecule has 1 N–H and O–H groups in total. The van der Waals surface area contributed by atoms with E-state index in [0.29, 0.717) is 51.2 Å². The zero-order valence-electron chi connectivity index (χ0n) is 20.1. The van der Waals surface area contributed by atoms with E-state index >= 15 is 0 Å². The monoisotopic (exact) mass is 523 g/mol. The van der Waals surface area contributed by atoms with Crippen molar-refractivity contribution in [2.24, 2.45) is 5.92 Å². The zero-order valence-corrected chi connectivity index (χ0v) is 20.1. The molecule has 202 valence electrons. The molecule has 0 aromatic heterocycles. The van der Waals surface area contributed by atoms with Gasteiger partial charge in [-0.05, 0) is 56.7 Å². The van der Waals surface area contributed by atoms with Crippen LogP contribution in [0.25, 0.3) is 0 Å². The van der Waals surface area contributed by atoms with Crippen LogP contribution in [-0.4, -0.2) is 73.6 Å². The van der Waals surface area contributed by atoms with Gasteiger partial charge in [-0.25, -0.2) is 0 Å². The fourth-order valence-electron chi connectivity index (χ4n) is 4.57. The Balaban J connectivity index is 1.47. The molecule has 3 rings (SSSR count). The van der Waals surface area contributed by atoms with Crippen LogP contribution in [0.15, 0.2) is 18.2 Å². The molecule has 2 amide bonds. The highest BCUT2D eigenvalue weighted by Crippen LogP contribution is 2.36. The number of amides is 2.